The van der Waals surface area contributed by atoms with E-state index >= 15 is 0 Å². The monoisotopic (exact) mass is 1210 g/mol. The van der Waals surface area contributed by atoms with Crippen LogP contribution in [-0.2, 0) is 85.6 Å². The average Bonchev–Trinajstić information content (AvgIpc) is 3.46. The molecular weight excluding hydrogens is 1090 g/mol. The predicted molar refractivity (Wildman–Crippen MR) is 322 cm³/mol. The minimum Gasteiger partial charge on any atom is -0.401 e. The first-order valence-corrected chi connectivity index (χ1v) is 30.8. The second-order valence-electron chi connectivity index (χ2n) is 20.1. The maximum atomic E-state index is 13.1. The Hall–Kier alpha value is -3.67. The van der Waals surface area contributed by atoms with Gasteiger partial charge in [-0.2, -0.15) is 0 Å². The fourth-order valence-corrected chi connectivity index (χ4v) is 6.92. The van der Waals surface area contributed by atoms with Crippen LogP contribution in [0.4, 0.5) is 0 Å². The van der Waals surface area contributed by atoms with Crippen molar-refractivity contribution >= 4 is 29.4 Å². The lowest BCUT2D eigenvalue weighted by molar-refractivity contribution is -0.124. The number of hydrogen-bond acceptors (Lipinski definition) is 21. The third kappa shape index (κ3) is 69.1. The first-order valence-electron chi connectivity index (χ1n) is 30.8. The van der Waals surface area contributed by atoms with Gasteiger partial charge in [0, 0.05) is 70.2 Å². The van der Waals surface area contributed by atoms with Gasteiger partial charge in [0.15, 0.2) is 0 Å². The molecule has 25 heteroatoms. The molecule has 8 N–H and O–H groups in total. The molecule has 4 amide bonds. The lowest BCUT2D eigenvalue weighted by Gasteiger charge is -2.19. The standard InChI is InChI=1S/C56H109N7O18.C3H8/c1-48(2)80-44-42-77-40-38-75-34-30-70-25-19-59-53(65)14-9-8-13-52(47-79-24-18-55(67)61-21-27-72-31-35-76-39-41-78-43-45-81-49(3)4)62-56(68)15-7-6-10-22-63(58)46-51(57)12-11-16-54(66)60-20-26-71-29-33-74-37-36-73-32-28-69-23-17-50(5)64;1-3-2/h46,48-49,52H,6-45,47,57-58H2,1-5H3,(H,59,65)(H,60,66)(H,61,67)(H,62,68);3H2,1-2H3/b51-46-;. The van der Waals surface area contributed by atoms with E-state index in [1.807, 2.05) is 27.7 Å². The number of ketones is 1. The highest BCUT2D eigenvalue weighted by Crippen LogP contribution is 2.09. The lowest BCUT2D eigenvalue weighted by Crippen LogP contribution is -2.38. The van der Waals surface area contributed by atoms with Crippen molar-refractivity contribution in [3.05, 3.63) is 11.9 Å². The van der Waals surface area contributed by atoms with Gasteiger partial charge in [0.25, 0.3) is 0 Å². The van der Waals surface area contributed by atoms with Gasteiger partial charge in [-0.05, 0) is 73.1 Å². The van der Waals surface area contributed by atoms with Gasteiger partial charge in [-0.3, -0.25) is 24.0 Å². The van der Waals surface area contributed by atoms with Gasteiger partial charge in [0.2, 0.25) is 23.6 Å². The molecule has 0 fully saturated rings. The van der Waals surface area contributed by atoms with Crippen molar-refractivity contribution in [2.24, 2.45) is 11.6 Å². The Labute approximate surface area is 504 Å². The van der Waals surface area contributed by atoms with E-state index in [1.54, 1.807) is 6.20 Å². The van der Waals surface area contributed by atoms with Crippen LogP contribution in [0.25, 0.3) is 0 Å². The van der Waals surface area contributed by atoms with Gasteiger partial charge in [-0.25, -0.2) is 5.84 Å². The van der Waals surface area contributed by atoms with Gasteiger partial charge in [-0.15, -0.1) is 0 Å². The summed E-state index contributed by atoms with van der Waals surface area (Å²) in [4.78, 5) is 61.2. The van der Waals surface area contributed by atoms with E-state index in [9.17, 15) is 24.0 Å². The summed E-state index contributed by atoms with van der Waals surface area (Å²) in [5, 5.41) is 13.2. The molecule has 496 valence electrons. The van der Waals surface area contributed by atoms with E-state index in [0.29, 0.717) is 241 Å². The largest absolute Gasteiger partial charge is 0.401 e. The van der Waals surface area contributed by atoms with Crippen LogP contribution in [0.1, 0.15) is 138 Å². The Morgan fingerprint density at radius 2 is 0.774 bits per heavy atom. The number of hydrazine groups is 1. The number of hydrogen-bond donors (Lipinski definition) is 6. The molecule has 0 aromatic carbocycles. The minimum atomic E-state index is -0.296. The van der Waals surface area contributed by atoms with Crippen molar-refractivity contribution in [2.75, 3.05) is 185 Å². The van der Waals surface area contributed by atoms with Gasteiger partial charge >= 0.3 is 0 Å². The summed E-state index contributed by atoms with van der Waals surface area (Å²) in [5.41, 5.74) is 6.75. The molecule has 0 saturated heterocycles. The number of allylic oxidation sites excluding steroid dienone is 1. The number of carbonyl (C=O) groups is 5. The summed E-state index contributed by atoms with van der Waals surface area (Å²) >= 11 is 0. The van der Waals surface area contributed by atoms with Gasteiger partial charge in [0.05, 0.1) is 177 Å². The average molecular weight is 1210 g/mol. The molecule has 0 radical (unpaired) electrons. The molecule has 0 aromatic rings. The Kier molecular flexibility index (Phi) is 64.1. The molecule has 0 saturated carbocycles. The zero-order chi connectivity index (χ0) is 62.2. The van der Waals surface area contributed by atoms with Crippen LogP contribution >= 0.6 is 0 Å². The number of Topliss-reactive ketones (excluding diaryl/α,β-unsaturated/α-hetero) is 1. The Morgan fingerprint density at radius 1 is 0.417 bits per heavy atom. The zero-order valence-electron chi connectivity index (χ0n) is 53.0. The van der Waals surface area contributed by atoms with Crippen molar-refractivity contribution in [2.45, 2.75) is 157 Å². The molecule has 0 aliphatic rings. The number of nitrogens with one attached hydrogen (secondary N) is 4. The molecule has 0 rings (SSSR count). The third-order valence-electron chi connectivity index (χ3n) is 11.2. The third-order valence-corrected chi connectivity index (χ3v) is 11.2. The summed E-state index contributed by atoms with van der Waals surface area (Å²) in [7, 11) is 0. The van der Waals surface area contributed by atoms with E-state index in [0.717, 1.165) is 12.8 Å². The Bertz CT molecular complexity index is 1490. The Balaban J connectivity index is 0. The number of carbonyl (C=O) groups excluding carboxylic acids is 5. The fraction of sp³-hybridized carbons (Fsp3) is 0.881. The summed E-state index contributed by atoms with van der Waals surface area (Å²) in [6.07, 6.45) is 9.96. The van der Waals surface area contributed by atoms with Crippen molar-refractivity contribution in [1.29, 1.82) is 0 Å². The number of nitrogens with two attached hydrogens (primary N) is 2. The van der Waals surface area contributed by atoms with Crippen LogP contribution in [0.2, 0.25) is 0 Å². The molecule has 1 atom stereocenters. The summed E-state index contributed by atoms with van der Waals surface area (Å²) in [6, 6.07) is -0.296. The van der Waals surface area contributed by atoms with Gasteiger partial charge < -0.3 is 93.6 Å². The second kappa shape index (κ2) is 65.3. The highest BCUT2D eigenvalue weighted by molar-refractivity contribution is 5.77. The highest BCUT2D eigenvalue weighted by Gasteiger charge is 2.14. The summed E-state index contributed by atoms with van der Waals surface area (Å²) in [6.45, 7) is 25.6. The fourth-order valence-electron chi connectivity index (χ4n) is 6.92. The molecule has 0 aliphatic carbocycles. The van der Waals surface area contributed by atoms with E-state index < -0.39 is 0 Å². The van der Waals surface area contributed by atoms with Crippen LogP contribution in [0.15, 0.2) is 11.9 Å². The van der Waals surface area contributed by atoms with Gasteiger partial charge in [0.1, 0.15) is 5.78 Å². The van der Waals surface area contributed by atoms with Crippen molar-refractivity contribution in [1.82, 2.24) is 26.3 Å². The molecule has 84 heavy (non-hydrogen) atoms. The number of rotatable bonds is 63. The summed E-state index contributed by atoms with van der Waals surface area (Å²) < 4.78 is 71.4. The molecular formula is C59H117N7O18. The zero-order valence-corrected chi connectivity index (χ0v) is 53.0. The topological polar surface area (TPSA) is 309 Å². The SMILES string of the molecule is CC(=O)CCOCCOCCOCCOCCNC(=O)CCC/C(N)=C/N(N)CCCCCC(=O)NC(CCCCC(=O)NCCOCCOCCOCCOC(C)C)COCCC(=O)NCCOCCOCCOCCOC(C)C.CCC. The van der Waals surface area contributed by atoms with Crippen LogP contribution in [0.5, 0.6) is 0 Å². The molecule has 0 aliphatic heterocycles. The normalized spacial score (nSPS) is 11.9. The molecule has 0 aromatic heterocycles. The second-order valence-corrected chi connectivity index (χ2v) is 20.1. The first kappa shape index (κ1) is 82.4. The highest BCUT2D eigenvalue weighted by atomic mass is 16.6. The van der Waals surface area contributed by atoms with Crippen LogP contribution in [-0.4, -0.2) is 237 Å². The number of unbranched alkanes of at least 4 members (excludes halogenated alkanes) is 3. The van der Waals surface area contributed by atoms with Crippen LogP contribution < -0.4 is 32.8 Å². The van der Waals surface area contributed by atoms with Crippen molar-refractivity contribution in [3.8, 4) is 0 Å². The van der Waals surface area contributed by atoms with E-state index in [-0.39, 0.29) is 67.3 Å². The number of nitrogens with zero attached hydrogens (tertiary/aromatic N) is 1. The van der Waals surface area contributed by atoms with E-state index in [1.165, 1.54) is 18.4 Å². The lowest BCUT2D eigenvalue weighted by atomic mass is 10.1. The number of amides is 4. The quantitative estimate of drug-likeness (QED) is 0.0286. The van der Waals surface area contributed by atoms with E-state index in [4.69, 9.17) is 73.2 Å². The van der Waals surface area contributed by atoms with Crippen molar-refractivity contribution < 1.29 is 85.6 Å². The van der Waals surface area contributed by atoms with E-state index in [2.05, 4.69) is 35.1 Å². The first-order chi connectivity index (χ1) is 40.7. The molecule has 0 heterocycles. The van der Waals surface area contributed by atoms with Crippen LogP contribution in [0, 0.1) is 0 Å². The van der Waals surface area contributed by atoms with Crippen molar-refractivity contribution in [3.63, 3.8) is 0 Å². The summed E-state index contributed by atoms with van der Waals surface area (Å²) in [5.74, 6) is 5.83. The Morgan fingerprint density at radius 3 is 1.20 bits per heavy atom. The van der Waals surface area contributed by atoms with Gasteiger partial charge in [-0.1, -0.05) is 33.1 Å². The molecule has 1 unspecified atom stereocenters. The smallest absolute Gasteiger partial charge is 0.222 e. The molecule has 25 nitrogen and oxygen atoms in total. The maximum absolute atomic E-state index is 13.1. The predicted octanol–water partition coefficient (Wildman–Crippen LogP) is 3.90. The molecule has 0 bridgehead atoms. The minimum absolute atomic E-state index is 0.0756. The maximum Gasteiger partial charge on any atom is 0.222 e. The van der Waals surface area contributed by atoms with Crippen LogP contribution in [0.3, 0.4) is 0 Å². The molecule has 0 spiro atoms. The number of ether oxygens (including phenoxy) is 13.